The standard InChI is InChI=1S/C23H34N2O4S/c1-17-10-14-20(15-11-17)29-30(27,28)24-16-6-5-9-22(24)23(26)25-18(2)12-13-19-7-3-4-8-21(19)25/h10-11,14-15,18-19,21-22H,3-9,12-13,16H2,1-2H3/t18-,19+,21-,22-/m1/s1. The van der Waals surface area contributed by atoms with Gasteiger partial charge in [0, 0.05) is 18.6 Å². The molecule has 4 rings (SSSR count). The molecule has 0 radical (unpaired) electrons. The Morgan fingerprint density at radius 3 is 2.43 bits per heavy atom. The molecule has 0 unspecified atom stereocenters. The summed E-state index contributed by atoms with van der Waals surface area (Å²) in [5.41, 5.74) is 1.03. The van der Waals surface area contributed by atoms with Crippen molar-refractivity contribution in [2.24, 2.45) is 5.92 Å². The van der Waals surface area contributed by atoms with Crippen LogP contribution in [-0.2, 0) is 15.1 Å². The number of hydrogen-bond acceptors (Lipinski definition) is 4. The summed E-state index contributed by atoms with van der Waals surface area (Å²) in [7, 11) is -4.04. The summed E-state index contributed by atoms with van der Waals surface area (Å²) in [4.78, 5) is 15.8. The Labute approximate surface area is 180 Å². The first kappa shape index (κ1) is 21.6. The zero-order chi connectivity index (χ0) is 21.3. The van der Waals surface area contributed by atoms with Gasteiger partial charge in [0.2, 0.25) is 5.91 Å². The summed E-state index contributed by atoms with van der Waals surface area (Å²) in [6.07, 6.45) is 8.99. The number of piperidine rings is 2. The smallest absolute Gasteiger partial charge is 0.371 e. The van der Waals surface area contributed by atoms with E-state index in [1.54, 1.807) is 12.1 Å². The number of likely N-dealkylation sites (tertiary alicyclic amines) is 1. The van der Waals surface area contributed by atoms with Crippen molar-refractivity contribution < 1.29 is 17.4 Å². The second-order valence-electron chi connectivity index (χ2n) is 9.26. The summed E-state index contributed by atoms with van der Waals surface area (Å²) >= 11 is 0. The van der Waals surface area contributed by atoms with Gasteiger partial charge in [-0.05, 0) is 70.4 Å². The fraction of sp³-hybridized carbons (Fsp3) is 0.696. The predicted molar refractivity (Wildman–Crippen MR) is 116 cm³/mol. The van der Waals surface area contributed by atoms with Gasteiger partial charge < -0.3 is 9.08 Å². The number of aryl methyl sites for hydroxylation is 1. The van der Waals surface area contributed by atoms with E-state index in [4.69, 9.17) is 4.18 Å². The third-order valence-electron chi connectivity index (χ3n) is 7.16. The average Bonchev–Trinajstić information content (AvgIpc) is 2.75. The lowest BCUT2D eigenvalue weighted by Gasteiger charge is -2.49. The highest BCUT2D eigenvalue weighted by molar-refractivity contribution is 7.84. The molecule has 0 bridgehead atoms. The summed E-state index contributed by atoms with van der Waals surface area (Å²) in [6.45, 7) is 4.39. The minimum atomic E-state index is -4.04. The molecule has 1 aromatic carbocycles. The van der Waals surface area contributed by atoms with Crippen LogP contribution in [0.15, 0.2) is 24.3 Å². The van der Waals surface area contributed by atoms with Crippen LogP contribution < -0.4 is 4.18 Å². The molecule has 3 fully saturated rings. The minimum Gasteiger partial charge on any atom is -0.371 e. The molecule has 1 aliphatic carbocycles. The first-order chi connectivity index (χ1) is 14.4. The van der Waals surface area contributed by atoms with Crippen molar-refractivity contribution in [1.82, 2.24) is 9.21 Å². The van der Waals surface area contributed by atoms with E-state index in [0.717, 1.165) is 37.7 Å². The summed E-state index contributed by atoms with van der Waals surface area (Å²) < 4.78 is 33.0. The lowest BCUT2D eigenvalue weighted by molar-refractivity contribution is -0.146. The van der Waals surface area contributed by atoms with Crippen molar-refractivity contribution in [2.45, 2.75) is 89.8 Å². The van der Waals surface area contributed by atoms with E-state index in [2.05, 4.69) is 11.8 Å². The van der Waals surface area contributed by atoms with Crippen LogP contribution in [0.3, 0.4) is 0 Å². The van der Waals surface area contributed by atoms with Gasteiger partial charge in [-0.1, -0.05) is 37.0 Å². The van der Waals surface area contributed by atoms with Gasteiger partial charge in [0.15, 0.2) is 0 Å². The topological polar surface area (TPSA) is 66.9 Å². The third kappa shape index (κ3) is 4.37. The molecule has 6 nitrogen and oxygen atoms in total. The van der Waals surface area contributed by atoms with Crippen molar-refractivity contribution >= 4 is 16.2 Å². The summed E-state index contributed by atoms with van der Waals surface area (Å²) in [6, 6.07) is 6.74. The van der Waals surface area contributed by atoms with E-state index < -0.39 is 16.3 Å². The van der Waals surface area contributed by atoms with Gasteiger partial charge in [-0.25, -0.2) is 0 Å². The van der Waals surface area contributed by atoms with Crippen LogP contribution in [0.1, 0.15) is 70.3 Å². The molecule has 2 aliphatic heterocycles. The van der Waals surface area contributed by atoms with Crippen molar-refractivity contribution in [2.75, 3.05) is 6.54 Å². The van der Waals surface area contributed by atoms with Gasteiger partial charge >= 0.3 is 10.3 Å². The van der Waals surface area contributed by atoms with E-state index in [1.165, 1.54) is 23.6 Å². The molecule has 1 amide bonds. The highest BCUT2D eigenvalue weighted by Crippen LogP contribution is 2.39. The molecular weight excluding hydrogens is 400 g/mol. The molecular formula is C23H34N2O4S. The number of amides is 1. The molecule has 0 spiro atoms. The Hall–Kier alpha value is -1.60. The van der Waals surface area contributed by atoms with E-state index in [0.29, 0.717) is 18.9 Å². The molecule has 3 aliphatic rings. The Morgan fingerprint density at radius 1 is 0.967 bits per heavy atom. The number of nitrogens with zero attached hydrogens (tertiary/aromatic N) is 2. The van der Waals surface area contributed by atoms with Gasteiger partial charge in [-0.15, -0.1) is 0 Å². The van der Waals surface area contributed by atoms with E-state index in [9.17, 15) is 13.2 Å². The molecule has 1 saturated carbocycles. The molecule has 2 heterocycles. The zero-order valence-electron chi connectivity index (χ0n) is 18.1. The van der Waals surface area contributed by atoms with Crippen LogP contribution >= 0.6 is 0 Å². The fourth-order valence-corrected chi connectivity index (χ4v) is 6.86. The van der Waals surface area contributed by atoms with Crippen molar-refractivity contribution in [3.63, 3.8) is 0 Å². The molecule has 2 saturated heterocycles. The average molecular weight is 435 g/mol. The van der Waals surface area contributed by atoms with Gasteiger partial charge in [-0.2, -0.15) is 12.7 Å². The maximum Gasteiger partial charge on any atom is 0.385 e. The van der Waals surface area contributed by atoms with Gasteiger partial charge in [0.25, 0.3) is 0 Å². The Bertz CT molecular complexity index is 854. The Kier molecular flexibility index (Phi) is 6.39. The van der Waals surface area contributed by atoms with E-state index in [1.807, 2.05) is 19.1 Å². The van der Waals surface area contributed by atoms with E-state index in [-0.39, 0.29) is 23.7 Å². The molecule has 4 atom stereocenters. The maximum absolute atomic E-state index is 13.7. The van der Waals surface area contributed by atoms with Crippen LogP contribution in [0.25, 0.3) is 0 Å². The maximum atomic E-state index is 13.7. The number of fused-ring (bicyclic) bond motifs is 1. The van der Waals surface area contributed by atoms with Crippen LogP contribution in [0.2, 0.25) is 0 Å². The van der Waals surface area contributed by atoms with Crippen molar-refractivity contribution in [3.05, 3.63) is 29.8 Å². The molecule has 1 aromatic rings. The van der Waals surface area contributed by atoms with E-state index >= 15 is 0 Å². The van der Waals surface area contributed by atoms with Crippen LogP contribution in [0.5, 0.6) is 5.75 Å². The highest BCUT2D eigenvalue weighted by atomic mass is 32.2. The lowest BCUT2D eigenvalue weighted by Crippen LogP contribution is -2.61. The number of carbonyl (C=O) groups is 1. The number of carbonyl (C=O) groups excluding carboxylic acids is 1. The van der Waals surface area contributed by atoms with Gasteiger partial charge in [-0.3, -0.25) is 4.79 Å². The highest BCUT2D eigenvalue weighted by Gasteiger charge is 2.45. The number of rotatable bonds is 4. The zero-order valence-corrected chi connectivity index (χ0v) is 18.9. The monoisotopic (exact) mass is 434 g/mol. The molecule has 166 valence electrons. The SMILES string of the molecule is Cc1ccc(OS(=O)(=O)N2CCCC[C@@H]2C(=O)N2[C@H](C)CC[C@@H]3CCCC[C@H]32)cc1. The molecule has 0 N–H and O–H groups in total. The Balaban J connectivity index is 1.56. The van der Waals surface area contributed by atoms with Crippen LogP contribution in [0, 0.1) is 12.8 Å². The summed E-state index contributed by atoms with van der Waals surface area (Å²) in [5, 5.41) is 0. The van der Waals surface area contributed by atoms with Crippen molar-refractivity contribution in [1.29, 1.82) is 0 Å². The van der Waals surface area contributed by atoms with Gasteiger partial charge in [0.1, 0.15) is 11.8 Å². The number of hydrogen-bond donors (Lipinski definition) is 0. The Morgan fingerprint density at radius 2 is 1.67 bits per heavy atom. The van der Waals surface area contributed by atoms with Crippen LogP contribution in [-0.4, -0.2) is 48.2 Å². The minimum absolute atomic E-state index is 0.0186. The quantitative estimate of drug-likeness (QED) is 0.717. The second-order valence-corrected chi connectivity index (χ2v) is 10.8. The molecule has 7 heteroatoms. The fourth-order valence-electron chi connectivity index (χ4n) is 5.55. The van der Waals surface area contributed by atoms with Crippen LogP contribution in [0.4, 0.5) is 0 Å². The first-order valence-corrected chi connectivity index (χ1v) is 12.8. The molecule has 30 heavy (non-hydrogen) atoms. The lowest BCUT2D eigenvalue weighted by atomic mass is 9.76. The van der Waals surface area contributed by atoms with Crippen molar-refractivity contribution in [3.8, 4) is 5.75 Å². The van der Waals surface area contributed by atoms with Gasteiger partial charge in [0.05, 0.1) is 0 Å². The number of benzene rings is 1. The second kappa shape index (κ2) is 8.87. The third-order valence-corrected chi connectivity index (χ3v) is 8.57. The largest absolute Gasteiger partial charge is 0.385 e. The predicted octanol–water partition coefficient (Wildman–Crippen LogP) is 4.04. The first-order valence-electron chi connectivity index (χ1n) is 11.5. The summed E-state index contributed by atoms with van der Waals surface area (Å²) in [5.74, 6) is 0.835. The molecule has 0 aromatic heterocycles. The normalized spacial score (nSPS) is 30.5.